The highest BCUT2D eigenvalue weighted by Crippen LogP contribution is 2.39. The monoisotopic (exact) mass is 544 g/mol. The van der Waals surface area contributed by atoms with Crippen molar-refractivity contribution in [3.05, 3.63) is 57.9 Å². The third-order valence-electron chi connectivity index (χ3n) is 7.45. The van der Waals surface area contributed by atoms with Crippen LogP contribution in [-0.2, 0) is 12.6 Å². The second kappa shape index (κ2) is 10.4. The molecule has 8 nitrogen and oxygen atoms in total. The zero-order chi connectivity index (χ0) is 27.9. The molecule has 2 N–H and O–H groups in total. The molecule has 3 aromatic rings. The van der Waals surface area contributed by atoms with Gasteiger partial charge in [-0.1, -0.05) is 6.92 Å². The van der Waals surface area contributed by atoms with Crippen molar-refractivity contribution in [2.45, 2.75) is 50.9 Å². The molecule has 0 saturated carbocycles. The first-order valence-electron chi connectivity index (χ1n) is 12.9. The van der Waals surface area contributed by atoms with Gasteiger partial charge in [0.2, 0.25) is 0 Å². The standard InChI is InChI=1S/C28H31F3N4O4/c1-4-17-5-7-22-25(16-11-20(38-2)14-21(12-16)39-3)33-35(27(37)26(22)32-17)24-13-18(34-10-9-19(36)15-34)6-8-23(24)28(29,30)31/h6,8,11-14,17,19,32,36H,4-5,7,9-10,15H2,1-3H3. The number of rotatable bonds is 6. The van der Waals surface area contributed by atoms with Crippen molar-refractivity contribution >= 4 is 11.4 Å². The molecule has 2 aliphatic rings. The molecule has 0 radical (unpaired) electrons. The summed E-state index contributed by atoms with van der Waals surface area (Å²) in [5.74, 6) is 0.969. The molecule has 2 aromatic carbocycles. The summed E-state index contributed by atoms with van der Waals surface area (Å²) in [6.07, 6.45) is -2.74. The van der Waals surface area contributed by atoms with Gasteiger partial charge in [-0.2, -0.15) is 23.0 Å². The number of nitrogens with zero attached hydrogens (tertiary/aromatic N) is 3. The van der Waals surface area contributed by atoms with Crippen LogP contribution >= 0.6 is 0 Å². The van der Waals surface area contributed by atoms with Crippen LogP contribution in [0.5, 0.6) is 11.5 Å². The van der Waals surface area contributed by atoms with Crippen molar-refractivity contribution in [2.24, 2.45) is 0 Å². The number of fused-ring (bicyclic) bond motifs is 1. The number of alkyl halides is 3. The Labute approximate surface area is 224 Å². The summed E-state index contributed by atoms with van der Waals surface area (Å²) in [6, 6.07) is 8.81. The Bertz CT molecular complexity index is 1420. The smallest absolute Gasteiger partial charge is 0.418 e. The van der Waals surface area contributed by atoms with Gasteiger partial charge in [0.1, 0.15) is 17.2 Å². The van der Waals surface area contributed by atoms with Gasteiger partial charge in [-0.05, 0) is 56.0 Å². The molecule has 39 heavy (non-hydrogen) atoms. The van der Waals surface area contributed by atoms with Crippen molar-refractivity contribution in [3.8, 4) is 28.4 Å². The van der Waals surface area contributed by atoms with Gasteiger partial charge in [-0.3, -0.25) is 4.79 Å². The van der Waals surface area contributed by atoms with E-state index in [1.807, 2.05) is 6.92 Å². The fourth-order valence-corrected chi connectivity index (χ4v) is 5.30. The molecule has 208 valence electrons. The molecule has 11 heteroatoms. The second-order valence-corrected chi connectivity index (χ2v) is 9.90. The van der Waals surface area contributed by atoms with Crippen LogP contribution in [0.3, 0.4) is 0 Å². The highest BCUT2D eigenvalue weighted by molar-refractivity contribution is 5.73. The van der Waals surface area contributed by atoms with E-state index in [-0.39, 0.29) is 17.4 Å². The van der Waals surface area contributed by atoms with Crippen LogP contribution in [0.2, 0.25) is 0 Å². The van der Waals surface area contributed by atoms with Gasteiger partial charge in [0.05, 0.1) is 37.3 Å². The SMILES string of the molecule is CCC1CCc2c(-c3cc(OC)cc(OC)c3)nn(-c3cc(N4CCC(O)C4)ccc3C(F)(F)F)c(=O)c2N1. The Morgan fingerprint density at radius 1 is 1.10 bits per heavy atom. The van der Waals surface area contributed by atoms with Gasteiger partial charge in [0.25, 0.3) is 5.56 Å². The molecule has 3 heterocycles. The van der Waals surface area contributed by atoms with E-state index >= 15 is 0 Å². The lowest BCUT2D eigenvalue weighted by Gasteiger charge is -2.28. The molecule has 2 atom stereocenters. The Hall–Kier alpha value is -3.73. The average Bonchev–Trinajstić information content (AvgIpc) is 3.38. The van der Waals surface area contributed by atoms with Gasteiger partial charge in [-0.15, -0.1) is 0 Å². The summed E-state index contributed by atoms with van der Waals surface area (Å²) in [4.78, 5) is 15.6. The summed E-state index contributed by atoms with van der Waals surface area (Å²) in [5, 5.41) is 17.8. The number of methoxy groups -OCH3 is 2. The molecule has 0 amide bonds. The van der Waals surface area contributed by atoms with Crippen LogP contribution in [-0.4, -0.2) is 54.3 Å². The molecule has 1 saturated heterocycles. The predicted molar refractivity (Wildman–Crippen MR) is 142 cm³/mol. The Morgan fingerprint density at radius 3 is 2.41 bits per heavy atom. The van der Waals surface area contributed by atoms with Gasteiger partial charge in [-0.25, -0.2) is 0 Å². The molecule has 1 fully saturated rings. The van der Waals surface area contributed by atoms with Crippen LogP contribution in [0.1, 0.15) is 37.3 Å². The van der Waals surface area contributed by atoms with Crippen molar-refractivity contribution in [1.29, 1.82) is 0 Å². The molecular weight excluding hydrogens is 513 g/mol. The van der Waals surface area contributed by atoms with Gasteiger partial charge < -0.3 is 24.8 Å². The summed E-state index contributed by atoms with van der Waals surface area (Å²) in [7, 11) is 3.01. The number of benzene rings is 2. The number of hydrogen-bond acceptors (Lipinski definition) is 7. The topological polar surface area (TPSA) is 88.8 Å². The van der Waals surface area contributed by atoms with Crippen molar-refractivity contribution in [1.82, 2.24) is 9.78 Å². The number of aliphatic hydroxyl groups is 1. The summed E-state index contributed by atoms with van der Waals surface area (Å²) < 4.78 is 54.5. The average molecular weight is 545 g/mol. The summed E-state index contributed by atoms with van der Waals surface area (Å²) >= 11 is 0. The Morgan fingerprint density at radius 2 is 1.82 bits per heavy atom. The van der Waals surface area contributed by atoms with E-state index in [1.54, 1.807) is 23.1 Å². The van der Waals surface area contributed by atoms with Crippen LogP contribution < -0.4 is 25.2 Å². The van der Waals surface area contributed by atoms with Crippen molar-refractivity contribution in [2.75, 3.05) is 37.5 Å². The van der Waals surface area contributed by atoms with Crippen molar-refractivity contribution < 1.29 is 27.8 Å². The molecule has 0 aliphatic carbocycles. The Kier molecular flexibility index (Phi) is 7.19. The molecule has 5 rings (SSSR count). The maximum absolute atomic E-state index is 14.3. The molecule has 1 aromatic heterocycles. The minimum atomic E-state index is -4.73. The highest BCUT2D eigenvalue weighted by atomic mass is 19.4. The van der Waals surface area contributed by atoms with E-state index in [9.17, 15) is 23.1 Å². The summed E-state index contributed by atoms with van der Waals surface area (Å²) in [5.41, 5.74) is 0.303. The second-order valence-electron chi connectivity index (χ2n) is 9.90. The predicted octanol–water partition coefficient (Wildman–Crippen LogP) is 4.64. The molecule has 0 bridgehead atoms. The van der Waals surface area contributed by atoms with E-state index in [2.05, 4.69) is 10.4 Å². The van der Waals surface area contributed by atoms with E-state index in [0.29, 0.717) is 59.9 Å². The minimum Gasteiger partial charge on any atom is -0.497 e. The van der Waals surface area contributed by atoms with Crippen LogP contribution in [0, 0.1) is 0 Å². The maximum Gasteiger partial charge on any atom is 0.418 e. The first-order chi connectivity index (χ1) is 18.6. The first-order valence-corrected chi connectivity index (χ1v) is 12.9. The zero-order valence-corrected chi connectivity index (χ0v) is 22.0. The number of anilines is 2. The summed E-state index contributed by atoms with van der Waals surface area (Å²) in [6.45, 7) is 2.78. The largest absolute Gasteiger partial charge is 0.497 e. The quantitative estimate of drug-likeness (QED) is 0.467. The number of aliphatic hydroxyl groups excluding tert-OH is 1. The normalized spacial score (nSPS) is 19.0. The van der Waals surface area contributed by atoms with E-state index in [4.69, 9.17) is 9.47 Å². The third kappa shape index (κ3) is 5.15. The molecular formula is C28H31F3N4O4. The number of hydrogen-bond donors (Lipinski definition) is 2. The van der Waals surface area contributed by atoms with E-state index in [0.717, 1.165) is 23.6 Å². The lowest BCUT2D eigenvalue weighted by atomic mass is 9.93. The number of β-amino-alcohol motifs (C(OH)–C–C–N with tert-alkyl or cyclic N) is 1. The van der Waals surface area contributed by atoms with E-state index < -0.39 is 23.4 Å². The maximum atomic E-state index is 14.3. The fourth-order valence-electron chi connectivity index (χ4n) is 5.30. The van der Waals surface area contributed by atoms with Gasteiger partial charge in [0.15, 0.2) is 0 Å². The number of ether oxygens (including phenoxy) is 2. The highest BCUT2D eigenvalue weighted by Gasteiger charge is 2.36. The molecule has 2 unspecified atom stereocenters. The number of halogens is 3. The zero-order valence-electron chi connectivity index (χ0n) is 22.0. The fraction of sp³-hybridized carbons (Fsp3) is 0.429. The molecule has 0 spiro atoms. The van der Waals surface area contributed by atoms with E-state index in [1.165, 1.54) is 26.4 Å². The van der Waals surface area contributed by atoms with Gasteiger partial charge >= 0.3 is 6.18 Å². The number of nitrogens with one attached hydrogen (secondary N) is 1. The van der Waals surface area contributed by atoms with Crippen LogP contribution in [0.25, 0.3) is 16.9 Å². The lowest BCUT2D eigenvalue weighted by Crippen LogP contribution is -2.35. The molecule has 2 aliphatic heterocycles. The minimum absolute atomic E-state index is 0.00764. The number of aromatic nitrogens is 2. The van der Waals surface area contributed by atoms with Crippen molar-refractivity contribution in [3.63, 3.8) is 0 Å². The van der Waals surface area contributed by atoms with Crippen LogP contribution in [0.15, 0.2) is 41.2 Å². The van der Waals surface area contributed by atoms with Gasteiger partial charge in [0, 0.05) is 42.0 Å². The Balaban J connectivity index is 1.78. The lowest BCUT2D eigenvalue weighted by molar-refractivity contribution is -0.137. The first kappa shape index (κ1) is 26.9. The third-order valence-corrected chi connectivity index (χ3v) is 7.45. The van der Waals surface area contributed by atoms with Crippen LogP contribution in [0.4, 0.5) is 24.5 Å².